The lowest BCUT2D eigenvalue weighted by Crippen LogP contribution is -2.50. The second kappa shape index (κ2) is 10.8. The van der Waals surface area contributed by atoms with Gasteiger partial charge < -0.3 is 25.4 Å². The van der Waals surface area contributed by atoms with Gasteiger partial charge in [-0.25, -0.2) is 4.79 Å². The molecule has 0 aliphatic carbocycles. The fourth-order valence-corrected chi connectivity index (χ4v) is 2.88. The largest absolute Gasteiger partial charge is 0.491 e. The first-order chi connectivity index (χ1) is 14.2. The Balaban J connectivity index is 2.10. The first-order valence-electron chi connectivity index (χ1n) is 9.98. The van der Waals surface area contributed by atoms with Crippen LogP contribution in [0.15, 0.2) is 54.6 Å². The zero-order valence-corrected chi connectivity index (χ0v) is 17.8. The van der Waals surface area contributed by atoms with E-state index in [1.807, 2.05) is 30.3 Å². The normalized spacial score (nSPS) is 13.4. The number of anilines is 1. The first-order valence-corrected chi connectivity index (χ1v) is 9.98. The minimum absolute atomic E-state index is 0.00330. The number of para-hydroxylation sites is 1. The van der Waals surface area contributed by atoms with Gasteiger partial charge in [0.05, 0.1) is 19.2 Å². The fourth-order valence-electron chi connectivity index (χ4n) is 2.88. The van der Waals surface area contributed by atoms with E-state index in [0.29, 0.717) is 17.9 Å². The number of nitrogens with two attached hydrogens (primary N) is 1. The summed E-state index contributed by atoms with van der Waals surface area (Å²) < 4.78 is 11.1. The van der Waals surface area contributed by atoms with E-state index in [9.17, 15) is 15.0 Å². The standard InChI is InChI=1S/C23H32N2O5/c1-23(2,3)30-22(28)25(14-20(27)16-29-21-7-5-4-6-8-21)19(15-26)13-17-9-11-18(24)12-10-17/h4-12,19-20,26-27H,13-16,24H2,1-3H3/t19-,20?/m0/s1. The zero-order valence-electron chi connectivity index (χ0n) is 17.8. The Labute approximate surface area is 178 Å². The van der Waals surface area contributed by atoms with Crippen molar-refractivity contribution >= 4 is 11.8 Å². The molecule has 7 heteroatoms. The average molecular weight is 417 g/mol. The van der Waals surface area contributed by atoms with Gasteiger partial charge in [0.1, 0.15) is 24.1 Å². The summed E-state index contributed by atoms with van der Waals surface area (Å²) in [7, 11) is 0. The molecule has 0 saturated carbocycles. The lowest BCUT2D eigenvalue weighted by molar-refractivity contribution is -0.00891. The number of ether oxygens (including phenoxy) is 2. The van der Waals surface area contributed by atoms with Crippen LogP contribution in [0, 0.1) is 0 Å². The molecule has 2 rings (SSSR count). The summed E-state index contributed by atoms with van der Waals surface area (Å²) in [5.41, 5.74) is 6.57. The summed E-state index contributed by atoms with van der Waals surface area (Å²) in [6.45, 7) is 4.99. The van der Waals surface area contributed by atoms with Crippen molar-refractivity contribution in [2.24, 2.45) is 0 Å². The molecule has 0 heterocycles. The highest BCUT2D eigenvalue weighted by Gasteiger charge is 2.30. The number of nitrogen functional groups attached to an aromatic ring is 1. The predicted molar refractivity (Wildman–Crippen MR) is 116 cm³/mol. The monoisotopic (exact) mass is 416 g/mol. The number of carbonyl (C=O) groups excluding carboxylic acids is 1. The molecule has 0 aliphatic rings. The van der Waals surface area contributed by atoms with Crippen LogP contribution in [0.3, 0.4) is 0 Å². The Kier molecular flexibility index (Phi) is 8.50. The Hall–Kier alpha value is -2.77. The highest BCUT2D eigenvalue weighted by molar-refractivity contribution is 5.68. The van der Waals surface area contributed by atoms with Gasteiger partial charge in [0.15, 0.2) is 0 Å². The summed E-state index contributed by atoms with van der Waals surface area (Å²) in [5.74, 6) is 0.626. The molecule has 4 N–H and O–H groups in total. The van der Waals surface area contributed by atoms with E-state index in [2.05, 4.69) is 0 Å². The molecule has 2 aromatic carbocycles. The SMILES string of the molecule is CC(C)(C)OC(=O)N(CC(O)COc1ccccc1)[C@H](CO)Cc1ccc(N)cc1. The number of rotatable bonds is 9. The maximum Gasteiger partial charge on any atom is 0.410 e. The van der Waals surface area contributed by atoms with Crippen LogP contribution in [-0.4, -0.2) is 58.7 Å². The summed E-state index contributed by atoms with van der Waals surface area (Å²) in [5, 5.41) is 20.5. The van der Waals surface area contributed by atoms with Crippen molar-refractivity contribution in [2.75, 3.05) is 25.5 Å². The highest BCUT2D eigenvalue weighted by Crippen LogP contribution is 2.17. The second-order valence-corrected chi connectivity index (χ2v) is 8.19. The average Bonchev–Trinajstić information content (AvgIpc) is 2.70. The van der Waals surface area contributed by atoms with Crippen molar-refractivity contribution in [2.45, 2.75) is 44.9 Å². The molecular weight excluding hydrogens is 384 g/mol. The minimum atomic E-state index is -0.960. The van der Waals surface area contributed by atoms with Crippen LogP contribution in [-0.2, 0) is 11.2 Å². The maximum atomic E-state index is 12.8. The lowest BCUT2D eigenvalue weighted by atomic mass is 10.0. The van der Waals surface area contributed by atoms with Crippen LogP contribution in [0.1, 0.15) is 26.3 Å². The number of aliphatic hydroxyl groups excluding tert-OH is 2. The van der Waals surface area contributed by atoms with Gasteiger partial charge >= 0.3 is 6.09 Å². The molecule has 2 atom stereocenters. The van der Waals surface area contributed by atoms with E-state index in [4.69, 9.17) is 15.2 Å². The van der Waals surface area contributed by atoms with Gasteiger partial charge in [-0.3, -0.25) is 4.90 Å². The van der Waals surface area contributed by atoms with Crippen molar-refractivity contribution in [1.82, 2.24) is 4.90 Å². The Morgan fingerprint density at radius 3 is 2.30 bits per heavy atom. The predicted octanol–water partition coefficient (Wildman–Crippen LogP) is 2.85. The van der Waals surface area contributed by atoms with Crippen molar-refractivity contribution in [3.63, 3.8) is 0 Å². The molecule has 2 aromatic rings. The van der Waals surface area contributed by atoms with E-state index in [1.54, 1.807) is 45.0 Å². The summed E-state index contributed by atoms with van der Waals surface area (Å²) in [6.07, 6.45) is -1.17. The van der Waals surface area contributed by atoms with E-state index in [-0.39, 0.29) is 19.8 Å². The number of carbonyl (C=O) groups is 1. The third kappa shape index (κ3) is 7.93. The molecule has 0 fully saturated rings. The molecule has 164 valence electrons. The van der Waals surface area contributed by atoms with Crippen molar-refractivity contribution in [1.29, 1.82) is 0 Å². The Morgan fingerprint density at radius 2 is 1.73 bits per heavy atom. The number of nitrogens with zero attached hydrogens (tertiary/aromatic N) is 1. The molecule has 0 spiro atoms. The summed E-state index contributed by atoms with van der Waals surface area (Å²) in [4.78, 5) is 14.2. The molecule has 0 radical (unpaired) electrons. The Morgan fingerprint density at radius 1 is 1.10 bits per heavy atom. The van der Waals surface area contributed by atoms with Crippen molar-refractivity contribution < 1.29 is 24.5 Å². The van der Waals surface area contributed by atoms with Gasteiger partial charge in [-0.15, -0.1) is 0 Å². The molecule has 7 nitrogen and oxygen atoms in total. The van der Waals surface area contributed by atoms with E-state index in [0.717, 1.165) is 5.56 Å². The van der Waals surface area contributed by atoms with Crippen molar-refractivity contribution in [3.05, 3.63) is 60.2 Å². The Bertz CT molecular complexity index is 774. The van der Waals surface area contributed by atoms with E-state index >= 15 is 0 Å². The quantitative estimate of drug-likeness (QED) is 0.543. The maximum absolute atomic E-state index is 12.8. The minimum Gasteiger partial charge on any atom is -0.491 e. The first kappa shape index (κ1) is 23.5. The van der Waals surface area contributed by atoms with Crippen LogP contribution in [0.4, 0.5) is 10.5 Å². The number of hydrogen-bond acceptors (Lipinski definition) is 6. The van der Waals surface area contributed by atoms with Crippen LogP contribution in [0.25, 0.3) is 0 Å². The second-order valence-electron chi connectivity index (χ2n) is 8.19. The highest BCUT2D eigenvalue weighted by atomic mass is 16.6. The molecule has 0 saturated heterocycles. The van der Waals surface area contributed by atoms with Crippen LogP contribution in [0.2, 0.25) is 0 Å². The van der Waals surface area contributed by atoms with Gasteiger partial charge in [-0.1, -0.05) is 30.3 Å². The molecule has 1 amide bonds. The number of aliphatic hydroxyl groups is 2. The number of amides is 1. The smallest absolute Gasteiger partial charge is 0.410 e. The fraction of sp³-hybridized carbons (Fsp3) is 0.435. The molecule has 1 unspecified atom stereocenters. The van der Waals surface area contributed by atoms with Gasteiger partial charge in [0.25, 0.3) is 0 Å². The summed E-state index contributed by atoms with van der Waals surface area (Å²) in [6, 6.07) is 15.8. The van der Waals surface area contributed by atoms with Crippen LogP contribution in [0.5, 0.6) is 5.75 Å². The third-order valence-electron chi connectivity index (χ3n) is 4.32. The van der Waals surface area contributed by atoms with E-state index in [1.165, 1.54) is 4.90 Å². The number of benzene rings is 2. The molecule has 0 aliphatic heterocycles. The van der Waals surface area contributed by atoms with Gasteiger partial charge in [-0.05, 0) is 57.0 Å². The topological polar surface area (TPSA) is 105 Å². The molecular formula is C23H32N2O5. The third-order valence-corrected chi connectivity index (χ3v) is 4.32. The van der Waals surface area contributed by atoms with Gasteiger partial charge in [0.2, 0.25) is 0 Å². The molecule has 30 heavy (non-hydrogen) atoms. The lowest BCUT2D eigenvalue weighted by Gasteiger charge is -2.34. The summed E-state index contributed by atoms with van der Waals surface area (Å²) >= 11 is 0. The van der Waals surface area contributed by atoms with Crippen LogP contribution < -0.4 is 10.5 Å². The molecule has 0 bridgehead atoms. The molecule has 0 aromatic heterocycles. The van der Waals surface area contributed by atoms with Crippen LogP contribution >= 0.6 is 0 Å². The van der Waals surface area contributed by atoms with Gasteiger partial charge in [-0.2, -0.15) is 0 Å². The van der Waals surface area contributed by atoms with Gasteiger partial charge in [0, 0.05) is 5.69 Å². The zero-order chi connectivity index (χ0) is 22.1. The van der Waals surface area contributed by atoms with E-state index < -0.39 is 23.8 Å². The van der Waals surface area contributed by atoms with Crippen molar-refractivity contribution in [3.8, 4) is 5.75 Å². The number of hydrogen-bond donors (Lipinski definition) is 3.